The molecule has 13 heavy (non-hydrogen) atoms. The highest BCUT2D eigenvalue weighted by Crippen LogP contribution is 2.30. The summed E-state index contributed by atoms with van der Waals surface area (Å²) in [5.41, 5.74) is 7.17. The molecular formula is C10H18N2S. The van der Waals surface area contributed by atoms with Gasteiger partial charge in [0.25, 0.3) is 0 Å². The maximum atomic E-state index is 6.25. The summed E-state index contributed by atoms with van der Waals surface area (Å²) in [7, 11) is 0. The smallest absolute Gasteiger partial charge is 0.113 e. The van der Waals surface area contributed by atoms with E-state index in [1.807, 2.05) is 6.92 Å². The Kier molecular flexibility index (Phi) is 3.09. The predicted molar refractivity (Wildman–Crippen MR) is 58.0 cm³/mol. The van der Waals surface area contributed by atoms with E-state index in [0.29, 0.717) is 0 Å². The second kappa shape index (κ2) is 3.76. The third-order valence-corrected chi connectivity index (χ3v) is 4.01. The van der Waals surface area contributed by atoms with E-state index in [9.17, 15) is 0 Å². The van der Waals surface area contributed by atoms with Crippen molar-refractivity contribution in [3.8, 4) is 0 Å². The minimum Gasteiger partial charge on any atom is -0.319 e. The molecule has 1 aromatic heterocycles. The van der Waals surface area contributed by atoms with Gasteiger partial charge in [-0.05, 0) is 26.7 Å². The van der Waals surface area contributed by atoms with Gasteiger partial charge in [-0.1, -0.05) is 13.8 Å². The van der Waals surface area contributed by atoms with Gasteiger partial charge in [-0.3, -0.25) is 0 Å². The Morgan fingerprint density at radius 1 is 1.31 bits per heavy atom. The van der Waals surface area contributed by atoms with Gasteiger partial charge in [0, 0.05) is 4.88 Å². The van der Waals surface area contributed by atoms with Crippen molar-refractivity contribution in [3.63, 3.8) is 0 Å². The van der Waals surface area contributed by atoms with E-state index in [1.165, 1.54) is 4.88 Å². The van der Waals surface area contributed by atoms with Crippen molar-refractivity contribution in [2.24, 2.45) is 5.73 Å². The molecule has 2 nitrogen and oxygen atoms in total. The molecule has 0 unspecified atom stereocenters. The number of aryl methyl sites for hydroxylation is 2. The fourth-order valence-corrected chi connectivity index (χ4v) is 2.40. The SMILES string of the molecule is CCC(N)(CC)c1nc(C)c(C)s1. The quantitative estimate of drug-likeness (QED) is 0.811. The molecule has 0 aliphatic heterocycles. The highest BCUT2D eigenvalue weighted by atomic mass is 32.1. The van der Waals surface area contributed by atoms with Gasteiger partial charge in [0.1, 0.15) is 5.01 Å². The zero-order valence-electron chi connectivity index (χ0n) is 8.85. The maximum Gasteiger partial charge on any atom is 0.113 e. The lowest BCUT2D eigenvalue weighted by molar-refractivity contribution is 0.410. The Balaban J connectivity index is 3.05. The number of nitrogens with two attached hydrogens (primary N) is 1. The summed E-state index contributed by atoms with van der Waals surface area (Å²) in [5.74, 6) is 0. The van der Waals surface area contributed by atoms with Gasteiger partial charge in [0.05, 0.1) is 11.2 Å². The van der Waals surface area contributed by atoms with Crippen LogP contribution in [0.3, 0.4) is 0 Å². The first-order chi connectivity index (χ1) is 6.03. The van der Waals surface area contributed by atoms with Gasteiger partial charge >= 0.3 is 0 Å². The highest BCUT2D eigenvalue weighted by molar-refractivity contribution is 7.11. The lowest BCUT2D eigenvalue weighted by Gasteiger charge is -2.23. The Morgan fingerprint density at radius 2 is 1.85 bits per heavy atom. The van der Waals surface area contributed by atoms with Gasteiger partial charge in [-0.25, -0.2) is 4.98 Å². The number of aromatic nitrogens is 1. The Bertz CT molecular complexity index is 268. The van der Waals surface area contributed by atoms with Crippen molar-refractivity contribution in [2.45, 2.75) is 46.1 Å². The second-order valence-electron chi connectivity index (χ2n) is 3.52. The third kappa shape index (κ3) is 1.92. The van der Waals surface area contributed by atoms with Crippen LogP contribution in [0.1, 0.15) is 42.3 Å². The molecule has 0 saturated heterocycles. The normalized spacial score (nSPS) is 12.1. The van der Waals surface area contributed by atoms with Crippen molar-refractivity contribution >= 4 is 11.3 Å². The average molecular weight is 198 g/mol. The van der Waals surface area contributed by atoms with Crippen LogP contribution < -0.4 is 5.73 Å². The summed E-state index contributed by atoms with van der Waals surface area (Å²) in [6, 6.07) is 0. The van der Waals surface area contributed by atoms with Gasteiger partial charge < -0.3 is 5.73 Å². The van der Waals surface area contributed by atoms with Crippen molar-refractivity contribution in [3.05, 3.63) is 15.6 Å². The summed E-state index contributed by atoms with van der Waals surface area (Å²) >= 11 is 1.73. The highest BCUT2D eigenvalue weighted by Gasteiger charge is 2.26. The van der Waals surface area contributed by atoms with Crippen LogP contribution in [-0.2, 0) is 5.54 Å². The molecule has 0 aliphatic carbocycles. The van der Waals surface area contributed by atoms with Crippen LogP contribution in [-0.4, -0.2) is 4.98 Å². The topological polar surface area (TPSA) is 38.9 Å². The molecule has 74 valence electrons. The number of thiazole rings is 1. The van der Waals surface area contributed by atoms with E-state index in [4.69, 9.17) is 5.73 Å². The lowest BCUT2D eigenvalue weighted by atomic mass is 9.95. The molecule has 3 heteroatoms. The minimum absolute atomic E-state index is 0.205. The van der Waals surface area contributed by atoms with Crippen molar-refractivity contribution in [1.29, 1.82) is 0 Å². The van der Waals surface area contributed by atoms with Crippen molar-refractivity contribution < 1.29 is 0 Å². The number of hydrogen-bond donors (Lipinski definition) is 1. The summed E-state index contributed by atoms with van der Waals surface area (Å²) in [4.78, 5) is 5.80. The van der Waals surface area contributed by atoms with E-state index in [2.05, 4.69) is 25.8 Å². The van der Waals surface area contributed by atoms with Gasteiger partial charge in [0.15, 0.2) is 0 Å². The van der Waals surface area contributed by atoms with E-state index < -0.39 is 0 Å². The van der Waals surface area contributed by atoms with E-state index in [1.54, 1.807) is 11.3 Å². The molecule has 0 spiro atoms. The summed E-state index contributed by atoms with van der Waals surface area (Å²) in [5, 5.41) is 1.09. The molecule has 0 amide bonds. The number of rotatable bonds is 3. The van der Waals surface area contributed by atoms with Crippen LogP contribution in [0.5, 0.6) is 0 Å². The molecule has 2 N–H and O–H groups in total. The zero-order chi connectivity index (χ0) is 10.1. The van der Waals surface area contributed by atoms with Crippen LogP contribution in [0.2, 0.25) is 0 Å². The van der Waals surface area contributed by atoms with Crippen molar-refractivity contribution in [1.82, 2.24) is 4.98 Å². The van der Waals surface area contributed by atoms with E-state index in [-0.39, 0.29) is 5.54 Å². The van der Waals surface area contributed by atoms with Crippen LogP contribution in [0, 0.1) is 13.8 Å². The summed E-state index contributed by atoms with van der Waals surface area (Å²) < 4.78 is 0. The zero-order valence-corrected chi connectivity index (χ0v) is 9.66. The summed E-state index contributed by atoms with van der Waals surface area (Å²) in [6.45, 7) is 8.38. The molecule has 0 atom stereocenters. The van der Waals surface area contributed by atoms with Crippen LogP contribution in [0.15, 0.2) is 0 Å². The Hall–Kier alpha value is -0.410. The number of hydrogen-bond acceptors (Lipinski definition) is 3. The third-order valence-electron chi connectivity index (χ3n) is 2.72. The van der Waals surface area contributed by atoms with E-state index in [0.717, 1.165) is 23.5 Å². The van der Waals surface area contributed by atoms with Crippen LogP contribution in [0.4, 0.5) is 0 Å². The van der Waals surface area contributed by atoms with Gasteiger partial charge in [0.2, 0.25) is 0 Å². The first-order valence-corrected chi connectivity index (χ1v) is 5.58. The molecule has 0 aliphatic rings. The average Bonchev–Trinajstić information content (AvgIpc) is 2.46. The summed E-state index contributed by atoms with van der Waals surface area (Å²) in [6.07, 6.45) is 1.91. The maximum absolute atomic E-state index is 6.25. The molecule has 0 aromatic carbocycles. The second-order valence-corrected chi connectivity index (χ2v) is 4.73. The molecule has 1 rings (SSSR count). The Labute approximate surface area is 84.2 Å². The molecule has 0 fully saturated rings. The van der Waals surface area contributed by atoms with Crippen LogP contribution in [0.25, 0.3) is 0 Å². The molecule has 1 heterocycles. The Morgan fingerprint density at radius 3 is 2.15 bits per heavy atom. The van der Waals surface area contributed by atoms with Gasteiger partial charge in [-0.2, -0.15) is 0 Å². The predicted octanol–water partition coefficient (Wildman–Crippen LogP) is 2.73. The lowest BCUT2D eigenvalue weighted by Crippen LogP contribution is -2.34. The largest absolute Gasteiger partial charge is 0.319 e. The standard InChI is InChI=1S/C10H18N2S/c1-5-10(11,6-2)9-12-7(3)8(4)13-9/h5-6,11H2,1-4H3. The first kappa shape index (κ1) is 10.7. The fraction of sp³-hybridized carbons (Fsp3) is 0.700. The number of nitrogens with zero attached hydrogens (tertiary/aromatic N) is 1. The molecule has 0 radical (unpaired) electrons. The fourth-order valence-electron chi connectivity index (χ4n) is 1.24. The molecule has 0 bridgehead atoms. The van der Waals surface area contributed by atoms with Crippen LogP contribution >= 0.6 is 11.3 Å². The molecule has 1 aromatic rings. The van der Waals surface area contributed by atoms with E-state index >= 15 is 0 Å². The van der Waals surface area contributed by atoms with Gasteiger partial charge in [-0.15, -0.1) is 11.3 Å². The monoisotopic (exact) mass is 198 g/mol. The molecular weight excluding hydrogens is 180 g/mol. The van der Waals surface area contributed by atoms with Crippen molar-refractivity contribution in [2.75, 3.05) is 0 Å². The first-order valence-electron chi connectivity index (χ1n) is 4.77. The minimum atomic E-state index is -0.205. The molecule has 0 saturated carbocycles.